The molecule has 0 bridgehead atoms. The number of fused-ring (bicyclic) bond motifs is 2. The quantitative estimate of drug-likeness (QED) is 0.386. The Morgan fingerprint density at radius 1 is 0.893 bits per heavy atom. The van der Waals surface area contributed by atoms with E-state index in [9.17, 15) is 18.0 Å². The Bertz CT molecular complexity index is 1290. The number of benzene rings is 3. The lowest BCUT2D eigenvalue weighted by atomic mass is 10.0. The van der Waals surface area contributed by atoms with Crippen molar-refractivity contribution in [3.05, 3.63) is 89.0 Å². The van der Waals surface area contributed by atoms with E-state index in [0.29, 0.717) is 5.56 Å². The van der Waals surface area contributed by atoms with Crippen molar-refractivity contribution in [2.24, 2.45) is 0 Å². The summed E-state index contributed by atoms with van der Waals surface area (Å²) in [4.78, 5) is 24.8. The largest absolute Gasteiger partial charge is 0.423 e. The molecule has 3 aromatic rings. The second kappa shape index (κ2) is 6.44. The van der Waals surface area contributed by atoms with Crippen molar-refractivity contribution in [3.8, 4) is 11.8 Å². The lowest BCUT2D eigenvalue weighted by molar-refractivity contribution is 0.0734. The van der Waals surface area contributed by atoms with Gasteiger partial charge < -0.3 is 4.74 Å². The molecule has 0 saturated heterocycles. The predicted molar refractivity (Wildman–Crippen MR) is 97.9 cm³/mol. The Morgan fingerprint density at radius 2 is 1.57 bits per heavy atom. The zero-order valence-corrected chi connectivity index (χ0v) is 15.1. The minimum atomic E-state index is -3.94. The van der Waals surface area contributed by atoms with Gasteiger partial charge in [0, 0.05) is 11.1 Å². The maximum atomic E-state index is 12.9. The Hall–Kier alpha value is -3.76. The van der Waals surface area contributed by atoms with Crippen molar-refractivity contribution < 1.29 is 22.7 Å². The van der Waals surface area contributed by atoms with Gasteiger partial charge in [0.25, 0.3) is 0 Å². The zero-order chi connectivity index (χ0) is 19.9. The Balaban J connectivity index is 1.72. The maximum absolute atomic E-state index is 12.9. The van der Waals surface area contributed by atoms with Crippen LogP contribution in [-0.2, 0) is 9.84 Å². The van der Waals surface area contributed by atoms with Gasteiger partial charge in [-0.2, -0.15) is 5.26 Å². The zero-order valence-electron chi connectivity index (χ0n) is 14.2. The molecule has 6 nitrogen and oxygen atoms in total. The molecule has 4 rings (SSSR count). The number of rotatable bonds is 2. The summed E-state index contributed by atoms with van der Waals surface area (Å²) in [6, 6.07) is 17.7. The summed E-state index contributed by atoms with van der Waals surface area (Å²) in [5, 5.41) is 8.80. The number of carbonyl (C=O) groups is 2. The molecule has 0 aliphatic carbocycles. The monoisotopic (exact) mass is 389 g/mol. The van der Waals surface area contributed by atoms with Crippen LogP contribution in [-0.4, -0.2) is 20.2 Å². The van der Waals surface area contributed by atoms with Crippen LogP contribution < -0.4 is 4.74 Å². The summed E-state index contributed by atoms with van der Waals surface area (Å²) >= 11 is 0. The standard InChI is InChI=1S/C21H11NO5S/c22-12-13-5-8-15(9-6-13)27-21(24)14-7-10-17-19(11-14)28(25,26)18-4-2-1-3-16(18)20(17)23/h1-11H. The number of ketones is 1. The average Bonchev–Trinajstić information content (AvgIpc) is 2.72. The highest BCUT2D eigenvalue weighted by molar-refractivity contribution is 7.91. The summed E-state index contributed by atoms with van der Waals surface area (Å²) in [5.41, 5.74) is 0.548. The molecule has 0 aromatic heterocycles. The minimum Gasteiger partial charge on any atom is -0.423 e. The molecule has 1 heterocycles. The molecule has 1 aliphatic heterocycles. The summed E-state index contributed by atoms with van der Waals surface area (Å²) in [5.74, 6) is -0.965. The minimum absolute atomic E-state index is 0.00105. The Morgan fingerprint density at radius 3 is 2.29 bits per heavy atom. The molecule has 0 radical (unpaired) electrons. The van der Waals surface area contributed by atoms with Crippen LogP contribution in [0.25, 0.3) is 0 Å². The topological polar surface area (TPSA) is 101 Å². The number of hydrogen-bond acceptors (Lipinski definition) is 6. The molecule has 0 amide bonds. The van der Waals surface area contributed by atoms with E-state index in [1.54, 1.807) is 6.07 Å². The molecular formula is C21H11NO5S. The van der Waals surface area contributed by atoms with E-state index in [1.807, 2.05) is 6.07 Å². The van der Waals surface area contributed by atoms with Crippen LogP contribution in [0.5, 0.6) is 5.75 Å². The Labute approximate surface area is 160 Å². The van der Waals surface area contributed by atoms with E-state index in [1.165, 1.54) is 54.6 Å². The fourth-order valence-corrected chi connectivity index (χ4v) is 4.65. The van der Waals surface area contributed by atoms with E-state index in [0.717, 1.165) is 6.07 Å². The number of carbonyl (C=O) groups excluding carboxylic acids is 2. The van der Waals surface area contributed by atoms with Crippen molar-refractivity contribution in [2.45, 2.75) is 9.79 Å². The number of ether oxygens (including phenoxy) is 1. The molecule has 0 fully saturated rings. The van der Waals surface area contributed by atoms with Gasteiger partial charge in [0.15, 0.2) is 5.78 Å². The second-order valence-corrected chi connectivity index (χ2v) is 7.95. The van der Waals surface area contributed by atoms with Crippen molar-refractivity contribution in [2.75, 3.05) is 0 Å². The van der Waals surface area contributed by atoms with E-state index >= 15 is 0 Å². The lowest BCUT2D eigenvalue weighted by Crippen LogP contribution is -2.21. The van der Waals surface area contributed by atoms with Gasteiger partial charge in [-0.3, -0.25) is 4.79 Å². The first-order chi connectivity index (χ1) is 13.4. The first-order valence-electron chi connectivity index (χ1n) is 8.17. The van der Waals surface area contributed by atoms with Gasteiger partial charge in [-0.25, -0.2) is 13.2 Å². The number of nitriles is 1. The molecule has 0 spiro atoms. The SMILES string of the molecule is N#Cc1ccc(OC(=O)c2ccc3c(c2)S(=O)(=O)c2ccccc2C3=O)cc1. The van der Waals surface area contributed by atoms with Crippen LogP contribution in [0.3, 0.4) is 0 Å². The van der Waals surface area contributed by atoms with Crippen molar-refractivity contribution >= 4 is 21.6 Å². The number of sulfone groups is 1. The van der Waals surface area contributed by atoms with Gasteiger partial charge in [0.1, 0.15) is 5.75 Å². The fraction of sp³-hybridized carbons (Fsp3) is 0. The molecule has 0 saturated carbocycles. The van der Waals surface area contributed by atoms with Crippen molar-refractivity contribution in [1.82, 2.24) is 0 Å². The van der Waals surface area contributed by atoms with Crippen molar-refractivity contribution in [1.29, 1.82) is 5.26 Å². The first kappa shape index (κ1) is 17.6. The molecule has 3 aromatic carbocycles. The molecule has 0 N–H and O–H groups in total. The van der Waals surface area contributed by atoms with Gasteiger partial charge in [-0.05, 0) is 54.6 Å². The van der Waals surface area contributed by atoms with Gasteiger partial charge in [-0.1, -0.05) is 12.1 Å². The number of nitrogens with zero attached hydrogens (tertiary/aromatic N) is 1. The fourth-order valence-electron chi connectivity index (χ4n) is 2.97. The number of hydrogen-bond donors (Lipinski definition) is 0. The van der Waals surface area contributed by atoms with E-state index < -0.39 is 21.6 Å². The molecule has 7 heteroatoms. The van der Waals surface area contributed by atoms with E-state index in [2.05, 4.69) is 0 Å². The smallest absolute Gasteiger partial charge is 0.343 e. The summed E-state index contributed by atoms with van der Waals surface area (Å²) in [6.07, 6.45) is 0. The molecular weight excluding hydrogens is 378 g/mol. The Kier molecular flexibility index (Phi) is 4.06. The van der Waals surface area contributed by atoms with Gasteiger partial charge in [-0.15, -0.1) is 0 Å². The van der Waals surface area contributed by atoms with E-state index in [4.69, 9.17) is 10.00 Å². The number of esters is 1. The van der Waals surface area contributed by atoms with Crippen LogP contribution in [0, 0.1) is 11.3 Å². The predicted octanol–water partition coefficient (Wildman–Crippen LogP) is 3.15. The molecule has 0 atom stereocenters. The van der Waals surface area contributed by atoms with Crippen LogP contribution in [0.15, 0.2) is 76.5 Å². The normalized spacial score (nSPS) is 13.8. The van der Waals surface area contributed by atoms with Crippen LogP contribution in [0.4, 0.5) is 0 Å². The lowest BCUT2D eigenvalue weighted by Gasteiger charge is -2.19. The third-order valence-electron chi connectivity index (χ3n) is 4.37. The van der Waals surface area contributed by atoms with Crippen LogP contribution in [0.1, 0.15) is 31.8 Å². The summed E-state index contributed by atoms with van der Waals surface area (Å²) in [6.45, 7) is 0. The molecule has 28 heavy (non-hydrogen) atoms. The van der Waals surface area contributed by atoms with E-state index in [-0.39, 0.29) is 32.2 Å². The molecule has 1 aliphatic rings. The summed E-state index contributed by atoms with van der Waals surface area (Å²) in [7, 11) is -3.94. The maximum Gasteiger partial charge on any atom is 0.343 e. The third-order valence-corrected chi connectivity index (χ3v) is 6.22. The first-order valence-corrected chi connectivity index (χ1v) is 9.65. The second-order valence-electron chi connectivity index (χ2n) is 6.07. The van der Waals surface area contributed by atoms with Gasteiger partial charge in [0.2, 0.25) is 9.84 Å². The third kappa shape index (κ3) is 2.76. The highest BCUT2D eigenvalue weighted by Crippen LogP contribution is 2.34. The molecule has 0 unspecified atom stereocenters. The van der Waals surface area contributed by atoms with Crippen LogP contribution in [0.2, 0.25) is 0 Å². The summed E-state index contributed by atoms with van der Waals surface area (Å²) < 4.78 is 31.0. The molecule has 136 valence electrons. The van der Waals surface area contributed by atoms with Gasteiger partial charge in [0.05, 0.1) is 27.0 Å². The highest BCUT2D eigenvalue weighted by atomic mass is 32.2. The van der Waals surface area contributed by atoms with Crippen molar-refractivity contribution in [3.63, 3.8) is 0 Å². The highest BCUT2D eigenvalue weighted by Gasteiger charge is 2.35. The van der Waals surface area contributed by atoms with Gasteiger partial charge >= 0.3 is 5.97 Å². The van der Waals surface area contributed by atoms with Crippen LogP contribution >= 0.6 is 0 Å². The average molecular weight is 389 g/mol.